The molecule has 0 radical (unpaired) electrons. The summed E-state index contributed by atoms with van der Waals surface area (Å²) in [7, 11) is 1.96. The van der Waals surface area contributed by atoms with Crippen molar-refractivity contribution < 1.29 is 4.79 Å². The van der Waals surface area contributed by atoms with Crippen molar-refractivity contribution in [2.24, 2.45) is 5.41 Å². The summed E-state index contributed by atoms with van der Waals surface area (Å²) in [6.45, 7) is 4.49. The van der Waals surface area contributed by atoms with Gasteiger partial charge in [-0.1, -0.05) is 0 Å². The van der Waals surface area contributed by atoms with Crippen molar-refractivity contribution in [3.8, 4) is 6.07 Å². The number of benzene rings is 1. The van der Waals surface area contributed by atoms with Gasteiger partial charge in [-0.3, -0.25) is 4.79 Å². The smallest absolute Gasteiger partial charge is 0.228 e. The Morgan fingerprint density at radius 1 is 1.50 bits per heavy atom. The van der Waals surface area contributed by atoms with Gasteiger partial charge in [-0.25, -0.2) is 0 Å². The zero-order valence-corrected chi connectivity index (χ0v) is 10.9. The number of nitriles is 1. The average Bonchev–Trinajstić information content (AvgIpc) is 2.67. The number of rotatable bonds is 3. The quantitative estimate of drug-likeness (QED) is 0.885. The van der Waals surface area contributed by atoms with E-state index in [1.807, 2.05) is 44.0 Å². The third-order valence-corrected chi connectivity index (χ3v) is 3.09. The normalized spacial score (nSPS) is 13.8. The number of carbonyl (C=O) groups is 1. The molecule has 4 nitrogen and oxygen atoms in total. The summed E-state index contributed by atoms with van der Waals surface area (Å²) >= 11 is 0. The molecule has 1 heterocycles. The Morgan fingerprint density at radius 3 is 2.89 bits per heavy atom. The van der Waals surface area contributed by atoms with Crippen LogP contribution in [0, 0.1) is 16.7 Å². The number of hydrogen-bond donors (Lipinski definition) is 1. The van der Waals surface area contributed by atoms with Gasteiger partial charge in [0.15, 0.2) is 0 Å². The van der Waals surface area contributed by atoms with Crippen LogP contribution < -0.4 is 10.2 Å². The fourth-order valence-electron chi connectivity index (χ4n) is 2.17. The number of carbonyl (C=O) groups excluding carboxylic acids is 1. The maximum atomic E-state index is 11.3. The Kier molecular flexibility index (Phi) is 3.00. The van der Waals surface area contributed by atoms with Gasteiger partial charge in [-0.05, 0) is 37.6 Å². The zero-order valence-electron chi connectivity index (χ0n) is 10.9. The highest BCUT2D eigenvalue weighted by Crippen LogP contribution is 2.28. The first kappa shape index (κ1) is 12.4. The van der Waals surface area contributed by atoms with Gasteiger partial charge < -0.3 is 10.2 Å². The molecule has 0 aliphatic carbocycles. The predicted octanol–water partition coefficient (Wildman–Crippen LogP) is 2.17. The molecule has 1 aromatic rings. The monoisotopic (exact) mass is 243 g/mol. The maximum Gasteiger partial charge on any atom is 0.228 e. The molecule has 1 aromatic carbocycles. The van der Waals surface area contributed by atoms with Crippen molar-refractivity contribution in [1.29, 1.82) is 5.26 Å². The van der Waals surface area contributed by atoms with Crippen molar-refractivity contribution in [3.05, 3.63) is 23.8 Å². The molecule has 1 aliphatic rings. The number of hydrogen-bond acceptors (Lipinski definition) is 3. The fraction of sp³-hybridized carbons (Fsp3) is 0.429. The summed E-state index contributed by atoms with van der Waals surface area (Å²) in [5.41, 5.74) is 2.58. The molecule has 18 heavy (non-hydrogen) atoms. The summed E-state index contributed by atoms with van der Waals surface area (Å²) in [6, 6.07) is 8.20. The van der Waals surface area contributed by atoms with Gasteiger partial charge in [-0.2, -0.15) is 5.26 Å². The average molecular weight is 243 g/mol. The van der Waals surface area contributed by atoms with E-state index < -0.39 is 0 Å². The van der Waals surface area contributed by atoms with Crippen molar-refractivity contribution in [3.63, 3.8) is 0 Å². The third kappa shape index (κ3) is 2.45. The predicted molar refractivity (Wildman–Crippen MR) is 71.4 cm³/mol. The number of anilines is 2. The summed E-state index contributed by atoms with van der Waals surface area (Å²) in [6.07, 6.45) is 0.443. The van der Waals surface area contributed by atoms with E-state index in [1.54, 1.807) is 0 Å². The number of fused-ring (bicyclic) bond motifs is 1. The second-order valence-corrected chi connectivity index (χ2v) is 5.42. The molecule has 0 aromatic heterocycles. The topological polar surface area (TPSA) is 56.1 Å². The molecule has 0 saturated carbocycles. The van der Waals surface area contributed by atoms with Crippen molar-refractivity contribution in [2.45, 2.75) is 20.3 Å². The van der Waals surface area contributed by atoms with Gasteiger partial charge in [-0.15, -0.1) is 0 Å². The van der Waals surface area contributed by atoms with Crippen LogP contribution in [0.1, 0.15) is 19.4 Å². The largest absolute Gasteiger partial charge is 0.373 e. The van der Waals surface area contributed by atoms with Crippen LogP contribution in [0.5, 0.6) is 0 Å². The van der Waals surface area contributed by atoms with Crippen LogP contribution in [0.3, 0.4) is 0 Å². The summed E-state index contributed by atoms with van der Waals surface area (Å²) in [5, 5.41) is 11.9. The van der Waals surface area contributed by atoms with Crippen LogP contribution in [-0.2, 0) is 11.2 Å². The van der Waals surface area contributed by atoms with E-state index in [0.717, 1.165) is 16.9 Å². The van der Waals surface area contributed by atoms with E-state index in [0.29, 0.717) is 13.0 Å². The molecule has 0 saturated heterocycles. The molecular formula is C14H17N3O. The molecule has 2 rings (SSSR count). The molecule has 1 aliphatic heterocycles. The molecule has 94 valence electrons. The highest BCUT2D eigenvalue weighted by molar-refractivity contribution is 5.99. The van der Waals surface area contributed by atoms with Crippen LogP contribution in [-0.4, -0.2) is 19.5 Å². The van der Waals surface area contributed by atoms with Crippen molar-refractivity contribution in [2.75, 3.05) is 23.8 Å². The molecule has 0 bridgehead atoms. The highest BCUT2D eigenvalue weighted by atomic mass is 16.1. The lowest BCUT2D eigenvalue weighted by atomic mass is 9.95. The first-order chi connectivity index (χ1) is 8.41. The molecule has 1 N–H and O–H groups in total. The lowest BCUT2D eigenvalue weighted by Crippen LogP contribution is -2.30. The van der Waals surface area contributed by atoms with E-state index in [1.165, 1.54) is 0 Å². The molecule has 4 heteroatoms. The van der Waals surface area contributed by atoms with Gasteiger partial charge >= 0.3 is 0 Å². The minimum Gasteiger partial charge on any atom is -0.373 e. The van der Waals surface area contributed by atoms with Crippen molar-refractivity contribution in [1.82, 2.24) is 0 Å². The Morgan fingerprint density at radius 2 is 2.22 bits per heavy atom. The van der Waals surface area contributed by atoms with Crippen LogP contribution >= 0.6 is 0 Å². The molecular weight excluding hydrogens is 226 g/mol. The number of nitrogens with zero attached hydrogens (tertiary/aromatic N) is 2. The Labute approximate surface area is 107 Å². The van der Waals surface area contributed by atoms with E-state index in [2.05, 4.69) is 11.4 Å². The van der Waals surface area contributed by atoms with Gasteiger partial charge in [0, 0.05) is 25.0 Å². The minimum atomic E-state index is -0.387. The number of nitrogens with one attached hydrogen (secondary N) is 1. The first-order valence-electron chi connectivity index (χ1n) is 5.96. The minimum absolute atomic E-state index is 0.0437. The summed E-state index contributed by atoms with van der Waals surface area (Å²) < 4.78 is 0. The van der Waals surface area contributed by atoms with E-state index >= 15 is 0 Å². The standard InChI is InChI=1S/C14H17N3O/c1-14(2,8-15)9-17(3)11-4-5-12-10(6-11)7-13(18)16-12/h4-6H,7,9H2,1-3H3,(H,16,18). The van der Waals surface area contributed by atoms with Crippen LogP contribution in [0.4, 0.5) is 11.4 Å². The van der Waals surface area contributed by atoms with Gasteiger partial charge in [0.2, 0.25) is 5.91 Å². The second kappa shape index (κ2) is 4.34. The van der Waals surface area contributed by atoms with Crippen LogP contribution in [0.15, 0.2) is 18.2 Å². The maximum absolute atomic E-state index is 11.3. The van der Waals surface area contributed by atoms with E-state index in [9.17, 15) is 4.79 Å². The highest BCUT2D eigenvalue weighted by Gasteiger charge is 2.22. The molecule has 1 amide bonds. The third-order valence-electron chi connectivity index (χ3n) is 3.09. The van der Waals surface area contributed by atoms with E-state index in [4.69, 9.17) is 5.26 Å². The van der Waals surface area contributed by atoms with Crippen LogP contribution in [0.2, 0.25) is 0 Å². The molecule has 0 atom stereocenters. The Bertz CT molecular complexity index is 528. The molecule has 0 unspecified atom stereocenters. The van der Waals surface area contributed by atoms with Gasteiger partial charge in [0.25, 0.3) is 0 Å². The summed E-state index contributed by atoms with van der Waals surface area (Å²) in [5.74, 6) is 0.0437. The second-order valence-electron chi connectivity index (χ2n) is 5.42. The molecule has 0 spiro atoms. The van der Waals surface area contributed by atoms with Crippen LogP contribution in [0.25, 0.3) is 0 Å². The van der Waals surface area contributed by atoms with Gasteiger partial charge in [0.05, 0.1) is 17.9 Å². The lowest BCUT2D eigenvalue weighted by Gasteiger charge is -2.26. The number of amides is 1. The Balaban J connectivity index is 2.18. The van der Waals surface area contributed by atoms with Gasteiger partial charge in [0.1, 0.15) is 0 Å². The summed E-state index contributed by atoms with van der Waals surface area (Å²) in [4.78, 5) is 13.3. The Hall–Kier alpha value is -2.02. The van der Waals surface area contributed by atoms with Crippen molar-refractivity contribution >= 4 is 17.3 Å². The SMILES string of the molecule is CN(CC(C)(C)C#N)c1ccc2c(c1)CC(=O)N2. The van der Waals surface area contributed by atoms with E-state index in [-0.39, 0.29) is 11.3 Å². The first-order valence-corrected chi connectivity index (χ1v) is 5.96. The molecule has 0 fully saturated rings. The lowest BCUT2D eigenvalue weighted by molar-refractivity contribution is -0.115. The fourth-order valence-corrected chi connectivity index (χ4v) is 2.17. The zero-order chi connectivity index (χ0) is 13.3.